The van der Waals surface area contributed by atoms with Gasteiger partial charge in [-0.1, -0.05) is 48.8 Å². The molecule has 0 saturated carbocycles. The molecule has 2 aromatic rings. The zero-order chi connectivity index (χ0) is 24.8. The first kappa shape index (κ1) is 26.8. The van der Waals surface area contributed by atoms with E-state index in [4.69, 9.17) is 9.47 Å². The van der Waals surface area contributed by atoms with E-state index in [-0.39, 0.29) is 11.5 Å². The molecule has 8 nitrogen and oxygen atoms in total. The number of phenolic OH excluding ortho intramolecular Hbond substituents is 2. The van der Waals surface area contributed by atoms with Crippen molar-refractivity contribution < 1.29 is 30.1 Å². The Morgan fingerprint density at radius 1 is 0.618 bits per heavy atom. The minimum Gasteiger partial charge on any atom is -0.507 e. The first-order chi connectivity index (χ1) is 16.5. The second kappa shape index (κ2) is 14.7. The Kier molecular flexibility index (Phi) is 11.6. The molecule has 0 aromatic heterocycles. The molecule has 2 aromatic carbocycles. The van der Waals surface area contributed by atoms with Crippen LogP contribution in [0.2, 0.25) is 0 Å². The molecule has 0 amide bonds. The van der Waals surface area contributed by atoms with Gasteiger partial charge in [0, 0.05) is 23.3 Å². The number of aromatic hydroxyl groups is 2. The summed E-state index contributed by atoms with van der Waals surface area (Å²) in [4.78, 5) is 0. The molecule has 0 aliphatic rings. The van der Waals surface area contributed by atoms with Crippen LogP contribution in [0.5, 0.6) is 23.0 Å². The highest BCUT2D eigenvalue weighted by molar-refractivity contribution is 6.03. The fourth-order valence-corrected chi connectivity index (χ4v) is 3.89. The smallest absolute Gasteiger partial charge is 0.128 e. The lowest BCUT2D eigenvalue weighted by Crippen LogP contribution is -2.02. The summed E-state index contributed by atoms with van der Waals surface area (Å²) in [6, 6.07) is 9.88. The van der Waals surface area contributed by atoms with E-state index in [1.807, 2.05) is 0 Å². The average Bonchev–Trinajstić information content (AvgIpc) is 2.85. The molecule has 0 aliphatic carbocycles. The van der Waals surface area contributed by atoms with Crippen molar-refractivity contribution in [3.8, 4) is 23.0 Å². The topological polar surface area (TPSA) is 124 Å². The van der Waals surface area contributed by atoms with Crippen LogP contribution in [-0.4, -0.2) is 46.3 Å². The van der Waals surface area contributed by atoms with Gasteiger partial charge in [-0.05, 0) is 49.9 Å². The molecule has 0 heterocycles. The average molecular weight is 473 g/mol. The maximum Gasteiger partial charge on any atom is 0.128 e. The van der Waals surface area contributed by atoms with E-state index in [0.29, 0.717) is 46.9 Å². The quantitative estimate of drug-likeness (QED) is 0.108. The van der Waals surface area contributed by atoms with Gasteiger partial charge >= 0.3 is 0 Å². The van der Waals surface area contributed by atoms with Gasteiger partial charge in [-0.25, -0.2) is 0 Å². The van der Waals surface area contributed by atoms with Crippen molar-refractivity contribution in [1.29, 1.82) is 0 Å². The van der Waals surface area contributed by atoms with Gasteiger partial charge in [0.25, 0.3) is 0 Å². The molecule has 34 heavy (non-hydrogen) atoms. The second-order valence-corrected chi connectivity index (χ2v) is 8.19. The van der Waals surface area contributed by atoms with Gasteiger partial charge in [-0.3, -0.25) is 0 Å². The Morgan fingerprint density at radius 3 is 1.26 bits per heavy atom. The van der Waals surface area contributed by atoms with Gasteiger partial charge in [0.2, 0.25) is 0 Å². The largest absolute Gasteiger partial charge is 0.507 e. The number of ether oxygens (including phenoxy) is 2. The first-order valence-corrected chi connectivity index (χ1v) is 11.7. The van der Waals surface area contributed by atoms with Crippen LogP contribution in [-0.2, 0) is 0 Å². The summed E-state index contributed by atoms with van der Waals surface area (Å²) in [5.41, 5.74) is 2.00. The van der Waals surface area contributed by atoms with Crippen molar-refractivity contribution in [3.63, 3.8) is 0 Å². The zero-order valence-electron chi connectivity index (χ0n) is 20.0. The van der Waals surface area contributed by atoms with Gasteiger partial charge < -0.3 is 30.1 Å². The minimum absolute atomic E-state index is 0.0451. The van der Waals surface area contributed by atoms with Crippen molar-refractivity contribution in [1.82, 2.24) is 0 Å². The molecule has 0 spiro atoms. The van der Waals surface area contributed by atoms with Crippen LogP contribution >= 0.6 is 0 Å². The third kappa shape index (κ3) is 8.17. The molecule has 8 heteroatoms. The number of methoxy groups -OCH3 is 2. The molecule has 0 fully saturated rings. The van der Waals surface area contributed by atoms with E-state index < -0.39 is 0 Å². The van der Waals surface area contributed by atoms with Crippen LogP contribution in [0, 0.1) is 0 Å². The van der Waals surface area contributed by atoms with Crippen molar-refractivity contribution >= 4 is 11.4 Å². The van der Waals surface area contributed by atoms with Gasteiger partial charge in [-0.2, -0.15) is 0 Å². The minimum atomic E-state index is 0.0451. The standard InChI is InChI=1S/C26H36N2O6/c1-33-19-13-15-21(25(29)17-19)23(27-31)11-9-7-5-3-4-6-8-10-12-24(28-32)22-16-14-20(34-2)18-26(22)30/h13-18,29-32H,3-12H2,1-2H3. The van der Waals surface area contributed by atoms with Crippen molar-refractivity contribution in [2.75, 3.05) is 14.2 Å². The molecule has 0 unspecified atom stereocenters. The molecule has 0 aliphatic heterocycles. The fraction of sp³-hybridized carbons (Fsp3) is 0.462. The lowest BCUT2D eigenvalue weighted by Gasteiger charge is -2.09. The van der Waals surface area contributed by atoms with Gasteiger partial charge in [0.1, 0.15) is 23.0 Å². The van der Waals surface area contributed by atoms with Crippen molar-refractivity contribution in [3.05, 3.63) is 47.5 Å². The number of benzene rings is 2. The van der Waals surface area contributed by atoms with Crippen LogP contribution in [0.1, 0.15) is 75.3 Å². The lowest BCUT2D eigenvalue weighted by molar-refractivity contribution is 0.317. The number of rotatable bonds is 15. The van der Waals surface area contributed by atoms with E-state index in [0.717, 1.165) is 51.4 Å². The SMILES string of the molecule is COc1ccc(C(CCCCCCCCCCC(=NO)c2ccc(OC)cc2O)=NO)c(O)c1. The molecule has 0 radical (unpaired) electrons. The van der Waals surface area contributed by atoms with Crippen molar-refractivity contribution in [2.45, 2.75) is 64.2 Å². The molecule has 0 atom stereocenters. The predicted molar refractivity (Wildman–Crippen MR) is 132 cm³/mol. The molecule has 0 saturated heterocycles. The summed E-state index contributed by atoms with van der Waals surface area (Å²) in [5.74, 6) is 1.20. The molecule has 4 N–H and O–H groups in total. The van der Waals surface area contributed by atoms with Crippen LogP contribution in [0.3, 0.4) is 0 Å². The first-order valence-electron chi connectivity index (χ1n) is 11.7. The monoisotopic (exact) mass is 472 g/mol. The maximum atomic E-state index is 10.1. The number of hydrogen-bond donors (Lipinski definition) is 4. The lowest BCUT2D eigenvalue weighted by atomic mass is 10.00. The van der Waals surface area contributed by atoms with E-state index in [9.17, 15) is 20.6 Å². The summed E-state index contributed by atoms with van der Waals surface area (Å²) in [6.07, 6.45) is 9.43. The normalized spacial score (nSPS) is 12.1. The second-order valence-electron chi connectivity index (χ2n) is 8.19. The van der Waals surface area contributed by atoms with E-state index in [1.165, 1.54) is 26.4 Å². The number of unbranched alkanes of at least 4 members (excludes halogenated alkanes) is 7. The van der Waals surface area contributed by atoms with E-state index in [2.05, 4.69) is 10.3 Å². The van der Waals surface area contributed by atoms with Crippen LogP contribution in [0.4, 0.5) is 0 Å². The van der Waals surface area contributed by atoms with Gasteiger partial charge in [0.05, 0.1) is 25.6 Å². The highest BCUT2D eigenvalue weighted by atomic mass is 16.5. The molecule has 2 rings (SSSR count). The highest BCUT2D eigenvalue weighted by Crippen LogP contribution is 2.27. The summed E-state index contributed by atoms with van der Waals surface area (Å²) >= 11 is 0. The van der Waals surface area contributed by atoms with Crippen LogP contribution in [0.25, 0.3) is 0 Å². The molecule has 186 valence electrons. The number of hydrogen-bond acceptors (Lipinski definition) is 8. The van der Waals surface area contributed by atoms with Crippen molar-refractivity contribution in [2.24, 2.45) is 10.3 Å². The van der Waals surface area contributed by atoms with Gasteiger partial charge in [-0.15, -0.1) is 0 Å². The number of nitrogens with zero attached hydrogens (tertiary/aromatic N) is 2. The third-order valence-electron chi connectivity index (χ3n) is 5.85. The number of phenols is 2. The zero-order valence-corrected chi connectivity index (χ0v) is 20.0. The summed E-state index contributed by atoms with van der Waals surface area (Å²) < 4.78 is 10.2. The highest BCUT2D eigenvalue weighted by Gasteiger charge is 2.12. The summed E-state index contributed by atoms with van der Waals surface area (Å²) in [5, 5.41) is 45.6. The Morgan fingerprint density at radius 2 is 0.971 bits per heavy atom. The fourth-order valence-electron chi connectivity index (χ4n) is 3.89. The summed E-state index contributed by atoms with van der Waals surface area (Å²) in [7, 11) is 3.06. The Bertz CT molecular complexity index is 881. The number of oxime groups is 2. The summed E-state index contributed by atoms with van der Waals surface area (Å²) in [6.45, 7) is 0. The Labute approximate surface area is 201 Å². The van der Waals surface area contributed by atoms with E-state index >= 15 is 0 Å². The maximum absolute atomic E-state index is 10.1. The Hall–Kier alpha value is -3.42. The molecule has 0 bridgehead atoms. The third-order valence-corrected chi connectivity index (χ3v) is 5.85. The molecular formula is C26H36N2O6. The van der Waals surface area contributed by atoms with Gasteiger partial charge in [0.15, 0.2) is 0 Å². The molecular weight excluding hydrogens is 436 g/mol. The van der Waals surface area contributed by atoms with Crippen LogP contribution < -0.4 is 9.47 Å². The van der Waals surface area contributed by atoms with E-state index in [1.54, 1.807) is 24.3 Å². The predicted octanol–water partition coefficient (Wildman–Crippen LogP) is 6.07. The van der Waals surface area contributed by atoms with Crippen LogP contribution in [0.15, 0.2) is 46.7 Å². The Balaban J connectivity index is 1.59.